The van der Waals surface area contributed by atoms with Crippen LogP contribution in [-0.2, 0) is 4.79 Å². The highest BCUT2D eigenvalue weighted by Crippen LogP contribution is 2.22. The molecule has 0 amide bonds. The number of carbonyl (C=O) groups is 1. The molecule has 2 aromatic rings. The zero-order valence-electron chi connectivity index (χ0n) is 10.9. The third kappa shape index (κ3) is 3.28. The Balaban J connectivity index is 2.39. The molecular formula is C16H15NO2. The monoisotopic (exact) mass is 253 g/mol. The molecule has 0 radical (unpaired) electrons. The molecular weight excluding hydrogens is 238 g/mol. The first kappa shape index (κ1) is 13.0. The van der Waals surface area contributed by atoms with E-state index in [9.17, 15) is 4.79 Å². The molecule has 1 heterocycles. The predicted octanol–water partition coefficient (Wildman–Crippen LogP) is 3.54. The Hall–Kier alpha value is -2.42. The summed E-state index contributed by atoms with van der Waals surface area (Å²) in [6.07, 6.45) is 4.64. The highest BCUT2D eigenvalue weighted by atomic mass is 16.4. The molecule has 1 N–H and O–H groups in total. The standard InChI is InChI=1S/C16H15NO2/c1-11-3-5-13(6-4-11)15-8-14(9-17-10-15)12(2)7-16(18)19/h3-10H,1-2H3,(H,18,19)/b12-7+. The highest BCUT2D eigenvalue weighted by molar-refractivity contribution is 5.89. The normalized spacial score (nSPS) is 11.4. The minimum absolute atomic E-state index is 0.689. The fourth-order valence-corrected chi connectivity index (χ4v) is 1.83. The number of carboxylic acid groups (broad SMARTS) is 1. The number of benzene rings is 1. The third-order valence-corrected chi connectivity index (χ3v) is 2.92. The molecule has 0 unspecified atom stereocenters. The van der Waals surface area contributed by atoms with Crippen LogP contribution in [0, 0.1) is 6.92 Å². The lowest BCUT2D eigenvalue weighted by Gasteiger charge is -2.05. The molecule has 1 aromatic carbocycles. The first-order valence-corrected chi connectivity index (χ1v) is 6.00. The summed E-state index contributed by atoms with van der Waals surface area (Å²) in [5.41, 5.74) is 4.77. The van der Waals surface area contributed by atoms with Crippen molar-refractivity contribution in [3.63, 3.8) is 0 Å². The van der Waals surface area contributed by atoms with E-state index in [0.29, 0.717) is 5.57 Å². The van der Waals surface area contributed by atoms with Crippen LogP contribution in [0.2, 0.25) is 0 Å². The summed E-state index contributed by atoms with van der Waals surface area (Å²) in [7, 11) is 0. The SMILES string of the molecule is C/C(=C\C(=O)O)c1cncc(-c2ccc(C)cc2)c1. The van der Waals surface area contributed by atoms with Crippen LogP contribution in [0.4, 0.5) is 0 Å². The van der Waals surface area contributed by atoms with Crippen molar-refractivity contribution in [2.24, 2.45) is 0 Å². The summed E-state index contributed by atoms with van der Waals surface area (Å²) in [5.74, 6) is -0.946. The topological polar surface area (TPSA) is 50.2 Å². The Labute approximate surface area is 112 Å². The lowest BCUT2D eigenvalue weighted by Crippen LogP contribution is -1.91. The molecule has 0 spiro atoms. The van der Waals surface area contributed by atoms with Crippen molar-refractivity contribution in [1.82, 2.24) is 4.98 Å². The summed E-state index contributed by atoms with van der Waals surface area (Å²) in [6.45, 7) is 3.81. The zero-order chi connectivity index (χ0) is 13.8. The zero-order valence-corrected chi connectivity index (χ0v) is 10.9. The average molecular weight is 253 g/mol. The van der Waals surface area contributed by atoms with E-state index in [1.807, 2.05) is 37.3 Å². The van der Waals surface area contributed by atoms with Gasteiger partial charge >= 0.3 is 5.97 Å². The maximum atomic E-state index is 10.7. The first-order chi connectivity index (χ1) is 9.06. The van der Waals surface area contributed by atoms with E-state index >= 15 is 0 Å². The molecule has 19 heavy (non-hydrogen) atoms. The highest BCUT2D eigenvalue weighted by Gasteiger charge is 2.03. The molecule has 0 saturated carbocycles. The molecule has 0 fully saturated rings. The summed E-state index contributed by atoms with van der Waals surface area (Å²) < 4.78 is 0. The first-order valence-electron chi connectivity index (χ1n) is 6.00. The van der Waals surface area contributed by atoms with Gasteiger partial charge in [0.2, 0.25) is 0 Å². The Morgan fingerprint density at radius 1 is 1.16 bits per heavy atom. The van der Waals surface area contributed by atoms with Gasteiger partial charge < -0.3 is 5.11 Å². The van der Waals surface area contributed by atoms with Gasteiger partial charge in [0.25, 0.3) is 0 Å². The van der Waals surface area contributed by atoms with Gasteiger partial charge in [-0.25, -0.2) is 4.79 Å². The van der Waals surface area contributed by atoms with Crippen molar-refractivity contribution in [2.45, 2.75) is 13.8 Å². The third-order valence-electron chi connectivity index (χ3n) is 2.92. The lowest BCUT2D eigenvalue weighted by molar-refractivity contribution is -0.131. The Kier molecular flexibility index (Phi) is 3.76. The van der Waals surface area contributed by atoms with E-state index in [4.69, 9.17) is 5.11 Å². The number of carboxylic acids is 1. The van der Waals surface area contributed by atoms with Crippen molar-refractivity contribution in [1.29, 1.82) is 0 Å². The van der Waals surface area contributed by atoms with Crippen LogP contribution in [-0.4, -0.2) is 16.1 Å². The van der Waals surface area contributed by atoms with Crippen LogP contribution in [0.3, 0.4) is 0 Å². The quantitative estimate of drug-likeness (QED) is 0.851. The summed E-state index contributed by atoms with van der Waals surface area (Å²) >= 11 is 0. The van der Waals surface area contributed by atoms with Crippen LogP contribution in [0.15, 0.2) is 48.8 Å². The van der Waals surface area contributed by atoms with Crippen LogP contribution >= 0.6 is 0 Å². The minimum Gasteiger partial charge on any atom is -0.478 e. The molecule has 0 bridgehead atoms. The molecule has 3 nitrogen and oxygen atoms in total. The van der Waals surface area contributed by atoms with Crippen LogP contribution < -0.4 is 0 Å². The number of rotatable bonds is 3. The second kappa shape index (κ2) is 5.48. The molecule has 1 aromatic heterocycles. The van der Waals surface area contributed by atoms with Gasteiger partial charge in [0.05, 0.1) is 0 Å². The number of aryl methyl sites for hydroxylation is 1. The van der Waals surface area contributed by atoms with Gasteiger partial charge in [0, 0.05) is 24.0 Å². The van der Waals surface area contributed by atoms with Crippen LogP contribution in [0.25, 0.3) is 16.7 Å². The molecule has 96 valence electrons. The second-order valence-corrected chi connectivity index (χ2v) is 4.49. The van der Waals surface area contributed by atoms with Crippen molar-refractivity contribution in [3.05, 3.63) is 59.9 Å². The summed E-state index contributed by atoms with van der Waals surface area (Å²) in [4.78, 5) is 14.9. The largest absolute Gasteiger partial charge is 0.478 e. The number of pyridine rings is 1. The van der Waals surface area contributed by atoms with E-state index in [-0.39, 0.29) is 0 Å². The molecule has 0 atom stereocenters. The van der Waals surface area contributed by atoms with Crippen molar-refractivity contribution in [3.8, 4) is 11.1 Å². The smallest absolute Gasteiger partial charge is 0.328 e. The average Bonchev–Trinajstić information content (AvgIpc) is 2.39. The van der Waals surface area contributed by atoms with E-state index < -0.39 is 5.97 Å². The number of aliphatic carboxylic acids is 1. The van der Waals surface area contributed by atoms with Gasteiger partial charge in [-0.3, -0.25) is 4.98 Å². The minimum atomic E-state index is -0.946. The lowest BCUT2D eigenvalue weighted by atomic mass is 10.0. The molecule has 0 saturated heterocycles. The molecule has 2 rings (SSSR count). The number of hydrogen-bond donors (Lipinski definition) is 1. The fourth-order valence-electron chi connectivity index (χ4n) is 1.83. The van der Waals surface area contributed by atoms with Crippen molar-refractivity contribution < 1.29 is 9.90 Å². The fraction of sp³-hybridized carbons (Fsp3) is 0.125. The number of aromatic nitrogens is 1. The Morgan fingerprint density at radius 3 is 2.47 bits per heavy atom. The van der Waals surface area contributed by atoms with E-state index in [1.54, 1.807) is 19.3 Å². The van der Waals surface area contributed by atoms with E-state index in [0.717, 1.165) is 16.7 Å². The van der Waals surface area contributed by atoms with Gasteiger partial charge in [0.15, 0.2) is 0 Å². The van der Waals surface area contributed by atoms with Gasteiger partial charge in [-0.2, -0.15) is 0 Å². The van der Waals surface area contributed by atoms with Crippen molar-refractivity contribution in [2.75, 3.05) is 0 Å². The summed E-state index contributed by atoms with van der Waals surface area (Å²) in [5, 5.41) is 8.77. The maximum Gasteiger partial charge on any atom is 0.328 e. The molecule has 0 aliphatic rings. The van der Waals surface area contributed by atoms with Gasteiger partial charge in [-0.05, 0) is 36.6 Å². The van der Waals surface area contributed by atoms with Gasteiger partial charge in [-0.1, -0.05) is 29.8 Å². The van der Waals surface area contributed by atoms with Gasteiger partial charge in [0.1, 0.15) is 0 Å². The van der Waals surface area contributed by atoms with Crippen LogP contribution in [0.1, 0.15) is 18.1 Å². The predicted molar refractivity (Wildman–Crippen MR) is 75.7 cm³/mol. The number of nitrogens with zero attached hydrogens (tertiary/aromatic N) is 1. The molecule has 3 heteroatoms. The number of hydrogen-bond acceptors (Lipinski definition) is 2. The maximum absolute atomic E-state index is 10.7. The van der Waals surface area contributed by atoms with Crippen molar-refractivity contribution >= 4 is 11.5 Å². The van der Waals surface area contributed by atoms with E-state index in [2.05, 4.69) is 4.98 Å². The summed E-state index contributed by atoms with van der Waals surface area (Å²) in [6, 6.07) is 10.1. The van der Waals surface area contributed by atoms with Gasteiger partial charge in [-0.15, -0.1) is 0 Å². The Bertz CT molecular complexity index is 627. The Morgan fingerprint density at radius 2 is 1.84 bits per heavy atom. The van der Waals surface area contributed by atoms with Crippen LogP contribution in [0.5, 0.6) is 0 Å². The number of allylic oxidation sites excluding steroid dienone is 1. The molecule has 0 aliphatic heterocycles. The molecule has 0 aliphatic carbocycles. The van der Waals surface area contributed by atoms with E-state index in [1.165, 1.54) is 11.6 Å². The second-order valence-electron chi connectivity index (χ2n) is 4.49.